The minimum Gasteiger partial charge on any atom is -0.496 e. The molecule has 0 aliphatic carbocycles. The van der Waals surface area contributed by atoms with Crippen LogP contribution in [0.4, 0.5) is 0 Å². The van der Waals surface area contributed by atoms with Crippen molar-refractivity contribution >= 4 is 11.6 Å². The molecule has 0 aromatic heterocycles. The minimum atomic E-state index is 0.386. The molecule has 2 rings (SSSR count). The van der Waals surface area contributed by atoms with E-state index in [0.717, 1.165) is 23.7 Å². The standard InChI is InChI=1S/C18H22ClNO/c1-13-4-9-18(21-3)16(10-13)12-20-14(2)11-15-5-7-17(19)8-6-15/h4-10,14,20H,11-12H2,1-3H3. The van der Waals surface area contributed by atoms with Gasteiger partial charge >= 0.3 is 0 Å². The maximum atomic E-state index is 5.91. The molecule has 3 heteroatoms. The number of rotatable bonds is 6. The van der Waals surface area contributed by atoms with E-state index in [1.165, 1.54) is 16.7 Å². The van der Waals surface area contributed by atoms with E-state index in [-0.39, 0.29) is 0 Å². The first-order valence-corrected chi connectivity index (χ1v) is 7.57. The molecule has 0 bridgehead atoms. The number of methoxy groups -OCH3 is 1. The Bertz CT molecular complexity index is 580. The first kappa shape index (κ1) is 15.9. The normalized spacial score (nSPS) is 12.2. The second-order valence-corrected chi connectivity index (χ2v) is 5.86. The molecule has 0 aliphatic heterocycles. The Morgan fingerprint density at radius 2 is 1.86 bits per heavy atom. The number of ether oxygens (including phenoxy) is 1. The number of halogens is 1. The van der Waals surface area contributed by atoms with Crippen LogP contribution in [0.3, 0.4) is 0 Å². The van der Waals surface area contributed by atoms with Gasteiger partial charge < -0.3 is 10.1 Å². The van der Waals surface area contributed by atoms with Gasteiger partial charge in [-0.2, -0.15) is 0 Å². The van der Waals surface area contributed by atoms with E-state index in [4.69, 9.17) is 16.3 Å². The Kier molecular flexibility index (Phi) is 5.66. The third-order valence-electron chi connectivity index (χ3n) is 3.53. The van der Waals surface area contributed by atoms with Crippen molar-refractivity contribution in [3.05, 3.63) is 64.2 Å². The zero-order chi connectivity index (χ0) is 15.2. The van der Waals surface area contributed by atoms with Crippen LogP contribution < -0.4 is 10.1 Å². The average molecular weight is 304 g/mol. The summed E-state index contributed by atoms with van der Waals surface area (Å²) in [7, 11) is 1.71. The van der Waals surface area contributed by atoms with Gasteiger partial charge in [-0.3, -0.25) is 0 Å². The van der Waals surface area contributed by atoms with Crippen LogP contribution in [0, 0.1) is 6.92 Å². The highest BCUT2D eigenvalue weighted by atomic mass is 35.5. The topological polar surface area (TPSA) is 21.3 Å². The lowest BCUT2D eigenvalue weighted by molar-refractivity contribution is 0.405. The van der Waals surface area contributed by atoms with Crippen molar-refractivity contribution < 1.29 is 4.74 Å². The molecule has 0 fully saturated rings. The van der Waals surface area contributed by atoms with Gasteiger partial charge in [-0.15, -0.1) is 0 Å². The highest BCUT2D eigenvalue weighted by Crippen LogP contribution is 2.19. The maximum Gasteiger partial charge on any atom is 0.123 e. The Hall–Kier alpha value is -1.51. The lowest BCUT2D eigenvalue weighted by Gasteiger charge is -2.16. The van der Waals surface area contributed by atoms with Crippen molar-refractivity contribution in [3.63, 3.8) is 0 Å². The average Bonchev–Trinajstić information content (AvgIpc) is 2.48. The summed E-state index contributed by atoms with van der Waals surface area (Å²) in [6, 6.07) is 14.7. The lowest BCUT2D eigenvalue weighted by atomic mass is 10.1. The highest BCUT2D eigenvalue weighted by Gasteiger charge is 2.07. The van der Waals surface area contributed by atoms with E-state index in [1.807, 2.05) is 18.2 Å². The van der Waals surface area contributed by atoms with Crippen molar-refractivity contribution in [2.24, 2.45) is 0 Å². The van der Waals surface area contributed by atoms with Crippen LogP contribution in [0.5, 0.6) is 5.75 Å². The molecular weight excluding hydrogens is 282 g/mol. The molecular formula is C18H22ClNO. The number of nitrogens with one attached hydrogen (secondary N) is 1. The minimum absolute atomic E-state index is 0.386. The van der Waals surface area contributed by atoms with E-state index in [2.05, 4.69) is 43.4 Å². The van der Waals surface area contributed by atoms with Crippen molar-refractivity contribution in [2.75, 3.05) is 7.11 Å². The Balaban J connectivity index is 1.93. The molecule has 1 atom stereocenters. The van der Waals surface area contributed by atoms with E-state index < -0.39 is 0 Å². The fourth-order valence-corrected chi connectivity index (χ4v) is 2.50. The van der Waals surface area contributed by atoms with Crippen LogP contribution in [0.2, 0.25) is 5.02 Å². The summed E-state index contributed by atoms with van der Waals surface area (Å²) in [5, 5.41) is 4.33. The number of aryl methyl sites for hydroxylation is 1. The van der Waals surface area contributed by atoms with E-state index in [0.29, 0.717) is 6.04 Å². The van der Waals surface area contributed by atoms with Crippen LogP contribution in [0.1, 0.15) is 23.6 Å². The van der Waals surface area contributed by atoms with Crippen LogP contribution >= 0.6 is 11.6 Å². The van der Waals surface area contributed by atoms with E-state index in [1.54, 1.807) is 7.11 Å². The fourth-order valence-electron chi connectivity index (χ4n) is 2.38. The van der Waals surface area contributed by atoms with Crippen molar-refractivity contribution in [1.29, 1.82) is 0 Å². The molecule has 1 N–H and O–H groups in total. The zero-order valence-corrected chi connectivity index (χ0v) is 13.6. The second-order valence-electron chi connectivity index (χ2n) is 5.43. The summed E-state index contributed by atoms with van der Waals surface area (Å²) in [6.07, 6.45) is 0.977. The molecule has 21 heavy (non-hydrogen) atoms. The predicted molar refractivity (Wildman–Crippen MR) is 89.2 cm³/mol. The van der Waals surface area contributed by atoms with E-state index in [9.17, 15) is 0 Å². The maximum absolute atomic E-state index is 5.91. The van der Waals surface area contributed by atoms with Gasteiger partial charge in [-0.1, -0.05) is 41.4 Å². The second kappa shape index (κ2) is 7.48. The third kappa shape index (κ3) is 4.76. The summed E-state index contributed by atoms with van der Waals surface area (Å²) < 4.78 is 5.41. The number of benzene rings is 2. The zero-order valence-electron chi connectivity index (χ0n) is 12.8. The van der Waals surface area contributed by atoms with Crippen LogP contribution in [0.15, 0.2) is 42.5 Å². The Morgan fingerprint density at radius 1 is 1.14 bits per heavy atom. The molecule has 0 aliphatic rings. The fraction of sp³-hybridized carbons (Fsp3) is 0.333. The quantitative estimate of drug-likeness (QED) is 0.855. The molecule has 1 unspecified atom stereocenters. The smallest absolute Gasteiger partial charge is 0.123 e. The van der Waals surface area contributed by atoms with Gasteiger partial charge in [0.25, 0.3) is 0 Å². The van der Waals surface area contributed by atoms with Crippen molar-refractivity contribution in [3.8, 4) is 5.75 Å². The van der Waals surface area contributed by atoms with E-state index >= 15 is 0 Å². The van der Waals surface area contributed by atoms with Crippen LogP contribution in [-0.4, -0.2) is 13.2 Å². The van der Waals surface area contributed by atoms with Crippen LogP contribution in [-0.2, 0) is 13.0 Å². The summed E-state index contributed by atoms with van der Waals surface area (Å²) >= 11 is 5.91. The molecule has 112 valence electrons. The molecule has 0 heterocycles. The van der Waals surface area contributed by atoms with Gasteiger partial charge in [0.2, 0.25) is 0 Å². The lowest BCUT2D eigenvalue weighted by Crippen LogP contribution is -2.27. The first-order valence-electron chi connectivity index (χ1n) is 7.20. The van der Waals surface area contributed by atoms with Crippen LogP contribution in [0.25, 0.3) is 0 Å². The number of hydrogen-bond donors (Lipinski definition) is 1. The van der Waals surface area contributed by atoms with Gasteiger partial charge in [-0.05, 0) is 44.0 Å². The summed E-state index contributed by atoms with van der Waals surface area (Å²) in [6.45, 7) is 5.09. The molecule has 2 nitrogen and oxygen atoms in total. The summed E-state index contributed by atoms with van der Waals surface area (Å²) in [5.74, 6) is 0.937. The summed E-state index contributed by atoms with van der Waals surface area (Å²) in [5.41, 5.74) is 3.73. The SMILES string of the molecule is COc1ccc(C)cc1CNC(C)Cc1ccc(Cl)cc1. The number of hydrogen-bond acceptors (Lipinski definition) is 2. The third-order valence-corrected chi connectivity index (χ3v) is 3.78. The van der Waals surface area contributed by atoms with Gasteiger partial charge in [0.05, 0.1) is 7.11 Å². The largest absolute Gasteiger partial charge is 0.496 e. The Morgan fingerprint density at radius 3 is 2.52 bits per heavy atom. The molecule has 2 aromatic carbocycles. The highest BCUT2D eigenvalue weighted by molar-refractivity contribution is 6.30. The van der Waals surface area contributed by atoms with Crippen molar-refractivity contribution in [1.82, 2.24) is 5.32 Å². The van der Waals surface area contributed by atoms with Gasteiger partial charge in [0.15, 0.2) is 0 Å². The monoisotopic (exact) mass is 303 g/mol. The van der Waals surface area contributed by atoms with Crippen molar-refractivity contribution in [2.45, 2.75) is 32.9 Å². The van der Waals surface area contributed by atoms with Gasteiger partial charge in [0, 0.05) is 23.2 Å². The molecule has 0 amide bonds. The van der Waals surface area contributed by atoms with Gasteiger partial charge in [-0.25, -0.2) is 0 Å². The first-order chi connectivity index (χ1) is 10.1. The van der Waals surface area contributed by atoms with Gasteiger partial charge in [0.1, 0.15) is 5.75 Å². The molecule has 0 radical (unpaired) electrons. The molecule has 0 saturated heterocycles. The Labute approximate surface area is 132 Å². The predicted octanol–water partition coefficient (Wildman–Crippen LogP) is 4.38. The molecule has 0 spiro atoms. The molecule has 2 aromatic rings. The summed E-state index contributed by atoms with van der Waals surface area (Å²) in [4.78, 5) is 0. The molecule has 0 saturated carbocycles.